The topological polar surface area (TPSA) is 108 Å². The summed E-state index contributed by atoms with van der Waals surface area (Å²) >= 11 is 0. The van der Waals surface area contributed by atoms with Crippen LogP contribution in [-0.2, 0) is 19.6 Å². The third-order valence-electron chi connectivity index (χ3n) is 3.04. The van der Waals surface area contributed by atoms with Gasteiger partial charge in [0.1, 0.15) is 28.4 Å². The molecule has 1 heterocycles. The zero-order valence-corrected chi connectivity index (χ0v) is 11.5. The summed E-state index contributed by atoms with van der Waals surface area (Å²) in [6.07, 6.45) is 0. The van der Waals surface area contributed by atoms with Crippen LogP contribution in [0.25, 0.3) is 0 Å². The molecule has 7 nitrogen and oxygen atoms in total. The summed E-state index contributed by atoms with van der Waals surface area (Å²) in [6.45, 7) is -0.452. The molecule has 2 rings (SSSR count). The number of aliphatic carboxylic acids is 1. The second-order valence-corrected chi connectivity index (χ2v) is 6.13. The van der Waals surface area contributed by atoms with Crippen molar-refractivity contribution in [3.8, 4) is 6.07 Å². The molecule has 0 aromatic heterocycles. The van der Waals surface area contributed by atoms with Gasteiger partial charge in [0.05, 0.1) is 13.2 Å². The van der Waals surface area contributed by atoms with Crippen molar-refractivity contribution in [1.82, 2.24) is 4.31 Å². The third kappa shape index (κ3) is 2.73. The van der Waals surface area contributed by atoms with Crippen molar-refractivity contribution in [2.24, 2.45) is 0 Å². The minimum absolute atomic E-state index is 0.0280. The van der Waals surface area contributed by atoms with Crippen LogP contribution in [0.15, 0.2) is 23.1 Å². The van der Waals surface area contributed by atoms with Crippen molar-refractivity contribution in [3.05, 3.63) is 29.6 Å². The fourth-order valence-corrected chi connectivity index (χ4v) is 3.73. The maximum absolute atomic E-state index is 13.6. The molecule has 1 aliphatic rings. The minimum atomic E-state index is -4.31. The Hall–Kier alpha value is -2.02. The van der Waals surface area contributed by atoms with Crippen LogP contribution in [0, 0.1) is 17.1 Å². The van der Waals surface area contributed by atoms with E-state index in [1.165, 1.54) is 6.07 Å². The highest BCUT2D eigenvalue weighted by Gasteiger charge is 2.39. The molecule has 1 aromatic rings. The molecule has 1 saturated heterocycles. The molecule has 1 N–H and O–H groups in total. The van der Waals surface area contributed by atoms with Crippen LogP contribution in [0.3, 0.4) is 0 Å². The molecule has 0 bridgehead atoms. The van der Waals surface area contributed by atoms with E-state index < -0.39 is 38.3 Å². The molecule has 0 amide bonds. The van der Waals surface area contributed by atoms with Crippen LogP contribution in [0.1, 0.15) is 5.56 Å². The number of nitriles is 1. The van der Waals surface area contributed by atoms with Crippen LogP contribution in [-0.4, -0.2) is 49.6 Å². The summed E-state index contributed by atoms with van der Waals surface area (Å²) in [6, 6.07) is 3.28. The highest BCUT2D eigenvalue weighted by Crippen LogP contribution is 2.25. The van der Waals surface area contributed by atoms with Crippen LogP contribution in [0.4, 0.5) is 4.39 Å². The predicted octanol–water partition coefficient (Wildman–Crippen LogP) is 0.171. The van der Waals surface area contributed by atoms with Crippen LogP contribution >= 0.6 is 0 Å². The third-order valence-corrected chi connectivity index (χ3v) is 4.99. The number of benzene rings is 1. The number of sulfonamides is 1. The Kier molecular flexibility index (Phi) is 4.22. The first-order valence-electron chi connectivity index (χ1n) is 5.90. The lowest BCUT2D eigenvalue weighted by Gasteiger charge is -2.31. The average molecular weight is 314 g/mol. The van der Waals surface area contributed by atoms with E-state index in [1.807, 2.05) is 0 Å². The molecule has 9 heteroatoms. The van der Waals surface area contributed by atoms with Crippen molar-refractivity contribution < 1.29 is 27.4 Å². The Balaban J connectivity index is 2.54. The number of hydrogen-bond acceptors (Lipinski definition) is 5. The first kappa shape index (κ1) is 15.4. The molecule has 0 aliphatic carbocycles. The molecule has 1 unspecified atom stereocenters. The number of carboxylic acid groups (broad SMARTS) is 1. The summed E-state index contributed by atoms with van der Waals surface area (Å²) in [7, 11) is -4.31. The molecule has 1 aliphatic heterocycles. The van der Waals surface area contributed by atoms with Gasteiger partial charge in [-0.05, 0) is 12.1 Å². The van der Waals surface area contributed by atoms with Gasteiger partial charge < -0.3 is 9.84 Å². The van der Waals surface area contributed by atoms with Gasteiger partial charge >= 0.3 is 5.97 Å². The van der Waals surface area contributed by atoms with Gasteiger partial charge in [0.15, 0.2) is 0 Å². The smallest absolute Gasteiger partial charge is 0.324 e. The average Bonchev–Trinajstić information content (AvgIpc) is 2.46. The lowest BCUT2D eigenvalue weighted by molar-refractivity contribution is -0.146. The summed E-state index contributed by atoms with van der Waals surface area (Å²) < 4.78 is 44.3. The Morgan fingerprint density at radius 2 is 2.24 bits per heavy atom. The Morgan fingerprint density at radius 1 is 1.52 bits per heavy atom. The van der Waals surface area contributed by atoms with E-state index in [2.05, 4.69) is 0 Å². The fraction of sp³-hybridized carbons (Fsp3) is 0.333. The SMILES string of the molecule is N#Cc1c(F)cccc1S(=O)(=O)N1CCOCC1C(=O)O. The molecule has 1 atom stereocenters. The summed E-state index contributed by atoms with van der Waals surface area (Å²) in [5.41, 5.74) is -0.631. The van der Waals surface area contributed by atoms with Crippen molar-refractivity contribution in [2.75, 3.05) is 19.8 Å². The molecule has 0 saturated carbocycles. The predicted molar refractivity (Wildman–Crippen MR) is 67.2 cm³/mol. The van der Waals surface area contributed by atoms with E-state index in [-0.39, 0.29) is 19.8 Å². The number of carbonyl (C=O) groups is 1. The lowest BCUT2D eigenvalue weighted by atomic mass is 10.2. The van der Waals surface area contributed by atoms with Gasteiger partial charge in [0, 0.05) is 6.54 Å². The standard InChI is InChI=1S/C12H11FN2O5S/c13-9-2-1-3-11(8(9)6-14)21(18,19)15-4-5-20-7-10(15)12(16)17/h1-3,10H,4-5,7H2,(H,16,17). The largest absolute Gasteiger partial charge is 0.480 e. The summed E-state index contributed by atoms with van der Waals surface area (Å²) in [4.78, 5) is 10.6. The van der Waals surface area contributed by atoms with E-state index >= 15 is 0 Å². The Morgan fingerprint density at radius 3 is 2.86 bits per heavy atom. The van der Waals surface area contributed by atoms with Gasteiger partial charge in [-0.1, -0.05) is 6.07 Å². The second kappa shape index (κ2) is 5.77. The number of halogens is 1. The molecule has 0 radical (unpaired) electrons. The first-order valence-corrected chi connectivity index (χ1v) is 7.34. The number of hydrogen-bond donors (Lipinski definition) is 1. The maximum Gasteiger partial charge on any atom is 0.324 e. The zero-order valence-electron chi connectivity index (χ0n) is 10.7. The van der Waals surface area contributed by atoms with Crippen LogP contribution in [0.2, 0.25) is 0 Å². The van der Waals surface area contributed by atoms with Crippen molar-refractivity contribution >= 4 is 16.0 Å². The van der Waals surface area contributed by atoms with E-state index in [4.69, 9.17) is 15.1 Å². The molecule has 21 heavy (non-hydrogen) atoms. The van der Waals surface area contributed by atoms with E-state index in [1.54, 1.807) is 0 Å². The number of carboxylic acids is 1. The van der Waals surface area contributed by atoms with Crippen molar-refractivity contribution in [3.63, 3.8) is 0 Å². The minimum Gasteiger partial charge on any atom is -0.480 e. The van der Waals surface area contributed by atoms with Crippen LogP contribution < -0.4 is 0 Å². The van der Waals surface area contributed by atoms with E-state index in [0.29, 0.717) is 4.31 Å². The molecular formula is C12H11FN2O5S. The van der Waals surface area contributed by atoms with E-state index in [9.17, 15) is 17.6 Å². The maximum atomic E-state index is 13.6. The monoisotopic (exact) mass is 314 g/mol. The zero-order chi connectivity index (χ0) is 15.6. The second-order valence-electron chi connectivity index (χ2n) is 4.27. The molecule has 0 spiro atoms. The van der Waals surface area contributed by atoms with Crippen LogP contribution in [0.5, 0.6) is 0 Å². The summed E-state index contributed by atoms with van der Waals surface area (Å²) in [5, 5.41) is 18.0. The van der Waals surface area contributed by atoms with Gasteiger partial charge in [0.25, 0.3) is 0 Å². The number of morpholine rings is 1. The molecule has 1 aromatic carbocycles. The lowest BCUT2D eigenvalue weighted by Crippen LogP contribution is -2.52. The normalized spacial score (nSPS) is 19.9. The number of ether oxygens (including phenoxy) is 1. The number of nitrogens with zero attached hydrogens (tertiary/aromatic N) is 2. The fourth-order valence-electron chi connectivity index (χ4n) is 2.02. The molecular weight excluding hydrogens is 303 g/mol. The van der Waals surface area contributed by atoms with Gasteiger partial charge in [-0.3, -0.25) is 4.79 Å². The van der Waals surface area contributed by atoms with Gasteiger partial charge in [-0.2, -0.15) is 9.57 Å². The van der Waals surface area contributed by atoms with Gasteiger partial charge in [0.2, 0.25) is 10.0 Å². The first-order chi connectivity index (χ1) is 9.89. The Bertz CT molecular complexity index is 713. The molecule has 1 fully saturated rings. The Labute approximate surface area is 120 Å². The highest BCUT2D eigenvalue weighted by molar-refractivity contribution is 7.89. The highest BCUT2D eigenvalue weighted by atomic mass is 32.2. The summed E-state index contributed by atoms with van der Waals surface area (Å²) in [5.74, 6) is -2.34. The quantitative estimate of drug-likeness (QED) is 0.852. The van der Waals surface area contributed by atoms with Crippen molar-refractivity contribution in [1.29, 1.82) is 5.26 Å². The van der Waals surface area contributed by atoms with Gasteiger partial charge in [-0.15, -0.1) is 0 Å². The van der Waals surface area contributed by atoms with E-state index in [0.717, 1.165) is 18.2 Å². The molecule has 112 valence electrons. The number of rotatable bonds is 3. The van der Waals surface area contributed by atoms with Crippen molar-refractivity contribution in [2.45, 2.75) is 10.9 Å². The van der Waals surface area contributed by atoms with Gasteiger partial charge in [-0.25, -0.2) is 12.8 Å².